The van der Waals surface area contributed by atoms with Crippen molar-refractivity contribution in [2.24, 2.45) is 0 Å². The zero-order valence-electron chi connectivity index (χ0n) is 15.2. The quantitative estimate of drug-likeness (QED) is 0.724. The minimum absolute atomic E-state index is 0.250. The van der Waals surface area contributed by atoms with Crippen LogP contribution < -0.4 is 10.6 Å². The van der Waals surface area contributed by atoms with E-state index in [1.807, 2.05) is 43.3 Å². The van der Waals surface area contributed by atoms with Gasteiger partial charge in [-0.1, -0.05) is 36.4 Å². The number of hydrogen-bond acceptors (Lipinski definition) is 4. The van der Waals surface area contributed by atoms with Gasteiger partial charge < -0.3 is 10.6 Å². The first kappa shape index (κ1) is 17.6. The van der Waals surface area contributed by atoms with Crippen molar-refractivity contribution in [1.29, 1.82) is 0 Å². The van der Waals surface area contributed by atoms with Gasteiger partial charge in [0, 0.05) is 18.3 Å². The number of aromatic nitrogens is 2. The molecule has 1 amide bonds. The molecule has 0 saturated carbocycles. The minimum atomic E-state index is -0.250. The summed E-state index contributed by atoms with van der Waals surface area (Å²) >= 11 is 0. The van der Waals surface area contributed by atoms with E-state index < -0.39 is 0 Å². The van der Waals surface area contributed by atoms with Crippen molar-refractivity contribution in [1.82, 2.24) is 9.97 Å². The Balaban J connectivity index is 1.74. The Bertz CT molecular complexity index is 937. The van der Waals surface area contributed by atoms with Crippen molar-refractivity contribution in [3.63, 3.8) is 0 Å². The van der Waals surface area contributed by atoms with Crippen molar-refractivity contribution < 1.29 is 4.79 Å². The van der Waals surface area contributed by atoms with Crippen LogP contribution in [0.5, 0.6) is 0 Å². The molecule has 0 fully saturated rings. The molecule has 0 saturated heterocycles. The molecular formula is C21H22N4O. The van der Waals surface area contributed by atoms with Gasteiger partial charge in [-0.3, -0.25) is 4.79 Å². The number of amides is 1. The van der Waals surface area contributed by atoms with E-state index in [1.165, 1.54) is 11.1 Å². The van der Waals surface area contributed by atoms with Gasteiger partial charge in [0.05, 0.1) is 0 Å². The second kappa shape index (κ2) is 7.78. The van der Waals surface area contributed by atoms with E-state index in [-0.39, 0.29) is 5.91 Å². The van der Waals surface area contributed by atoms with Crippen LogP contribution in [0.3, 0.4) is 0 Å². The summed E-state index contributed by atoms with van der Waals surface area (Å²) < 4.78 is 0. The predicted octanol–water partition coefficient (Wildman–Crippen LogP) is 4.27. The minimum Gasteiger partial charge on any atom is -0.366 e. The third-order valence-corrected chi connectivity index (χ3v) is 4.07. The summed E-state index contributed by atoms with van der Waals surface area (Å²) in [6.07, 6.45) is 0. The average Bonchev–Trinajstić information content (AvgIpc) is 2.60. The molecule has 0 aliphatic carbocycles. The number of anilines is 2. The maximum Gasteiger partial charge on any atom is 0.274 e. The summed E-state index contributed by atoms with van der Waals surface area (Å²) in [5.74, 6) is 0.935. The van der Waals surface area contributed by atoms with Crippen LogP contribution in [-0.2, 0) is 6.54 Å². The fourth-order valence-electron chi connectivity index (χ4n) is 2.69. The van der Waals surface area contributed by atoms with Gasteiger partial charge in [-0.25, -0.2) is 9.97 Å². The van der Waals surface area contributed by atoms with Crippen LogP contribution in [0.15, 0.2) is 54.6 Å². The topological polar surface area (TPSA) is 66.9 Å². The molecule has 2 N–H and O–H groups in total. The molecule has 26 heavy (non-hydrogen) atoms. The fraction of sp³-hybridized carbons (Fsp3) is 0.190. The number of benzene rings is 2. The van der Waals surface area contributed by atoms with Gasteiger partial charge in [0.2, 0.25) is 0 Å². The summed E-state index contributed by atoms with van der Waals surface area (Å²) in [6.45, 7) is 6.48. The van der Waals surface area contributed by atoms with Crippen LogP contribution in [0.4, 0.5) is 11.5 Å². The van der Waals surface area contributed by atoms with Crippen molar-refractivity contribution in [3.05, 3.63) is 82.8 Å². The van der Waals surface area contributed by atoms with Gasteiger partial charge in [-0.15, -0.1) is 0 Å². The van der Waals surface area contributed by atoms with Crippen LogP contribution >= 0.6 is 0 Å². The lowest BCUT2D eigenvalue weighted by molar-refractivity contribution is 0.102. The highest BCUT2D eigenvalue weighted by atomic mass is 16.1. The molecule has 2 aromatic carbocycles. The lowest BCUT2D eigenvalue weighted by atomic mass is 10.1. The predicted molar refractivity (Wildman–Crippen MR) is 104 cm³/mol. The zero-order chi connectivity index (χ0) is 18.5. The van der Waals surface area contributed by atoms with Crippen LogP contribution in [-0.4, -0.2) is 15.9 Å². The molecule has 5 nitrogen and oxygen atoms in total. The number of nitrogens with zero attached hydrogens (tertiary/aromatic N) is 2. The molecule has 0 aliphatic rings. The summed E-state index contributed by atoms with van der Waals surface area (Å²) in [7, 11) is 0. The van der Waals surface area contributed by atoms with Gasteiger partial charge in [0.25, 0.3) is 5.91 Å². The van der Waals surface area contributed by atoms with Crippen LogP contribution in [0.1, 0.15) is 33.0 Å². The van der Waals surface area contributed by atoms with E-state index in [0.29, 0.717) is 23.9 Å². The maximum absolute atomic E-state index is 12.5. The third-order valence-electron chi connectivity index (χ3n) is 4.07. The number of rotatable bonds is 5. The zero-order valence-corrected chi connectivity index (χ0v) is 15.2. The lowest BCUT2D eigenvalue weighted by Crippen LogP contribution is -2.16. The van der Waals surface area contributed by atoms with Crippen molar-refractivity contribution in [2.45, 2.75) is 27.3 Å². The van der Waals surface area contributed by atoms with E-state index in [2.05, 4.69) is 39.7 Å². The second-order valence-electron chi connectivity index (χ2n) is 6.29. The van der Waals surface area contributed by atoms with E-state index in [1.54, 1.807) is 13.0 Å². The Hall–Kier alpha value is -3.21. The number of nitrogens with one attached hydrogen (secondary N) is 2. The lowest BCUT2D eigenvalue weighted by Gasteiger charge is -2.11. The third kappa shape index (κ3) is 4.45. The van der Waals surface area contributed by atoms with Gasteiger partial charge in [-0.2, -0.15) is 0 Å². The first-order valence-electron chi connectivity index (χ1n) is 8.53. The summed E-state index contributed by atoms with van der Waals surface area (Å²) in [5.41, 5.74) is 4.58. The van der Waals surface area contributed by atoms with Crippen LogP contribution in [0.2, 0.25) is 0 Å². The SMILES string of the molecule is Cc1cccc(NC(=O)c2cc(NCc3ccccc3C)nc(C)n2)c1. The average molecular weight is 346 g/mol. The molecule has 0 bridgehead atoms. The largest absolute Gasteiger partial charge is 0.366 e. The molecular weight excluding hydrogens is 324 g/mol. The molecule has 0 unspecified atom stereocenters. The number of aryl methyl sites for hydroxylation is 3. The summed E-state index contributed by atoms with van der Waals surface area (Å²) in [6, 6.07) is 17.5. The molecule has 1 aromatic heterocycles. The second-order valence-corrected chi connectivity index (χ2v) is 6.29. The highest BCUT2D eigenvalue weighted by Gasteiger charge is 2.11. The number of carbonyl (C=O) groups is 1. The molecule has 5 heteroatoms. The molecule has 0 aliphatic heterocycles. The molecule has 3 aromatic rings. The first-order valence-corrected chi connectivity index (χ1v) is 8.53. The Kier molecular flexibility index (Phi) is 5.27. The smallest absolute Gasteiger partial charge is 0.274 e. The fourth-order valence-corrected chi connectivity index (χ4v) is 2.69. The van der Waals surface area contributed by atoms with Gasteiger partial charge in [0.15, 0.2) is 0 Å². The van der Waals surface area contributed by atoms with Crippen molar-refractivity contribution in [2.75, 3.05) is 10.6 Å². The first-order chi connectivity index (χ1) is 12.5. The molecule has 0 atom stereocenters. The summed E-state index contributed by atoms with van der Waals surface area (Å²) in [4.78, 5) is 21.2. The Morgan fingerprint density at radius 2 is 1.77 bits per heavy atom. The normalized spacial score (nSPS) is 10.4. The molecule has 0 spiro atoms. The van der Waals surface area contributed by atoms with E-state index in [4.69, 9.17) is 0 Å². The van der Waals surface area contributed by atoms with Crippen molar-refractivity contribution in [3.8, 4) is 0 Å². The summed E-state index contributed by atoms with van der Waals surface area (Å²) in [5, 5.41) is 6.16. The maximum atomic E-state index is 12.5. The standard InChI is InChI=1S/C21H22N4O/c1-14-7-6-10-18(11-14)25-21(26)19-12-20(24-16(3)23-19)22-13-17-9-5-4-8-15(17)2/h4-12H,13H2,1-3H3,(H,25,26)(H,22,23,24). The van der Waals surface area contributed by atoms with Crippen LogP contribution in [0, 0.1) is 20.8 Å². The number of hydrogen-bond donors (Lipinski definition) is 2. The molecule has 132 valence electrons. The van der Waals surface area contributed by atoms with E-state index in [0.717, 1.165) is 11.3 Å². The monoisotopic (exact) mass is 346 g/mol. The molecule has 0 radical (unpaired) electrons. The van der Waals surface area contributed by atoms with E-state index >= 15 is 0 Å². The van der Waals surface area contributed by atoms with E-state index in [9.17, 15) is 4.79 Å². The van der Waals surface area contributed by atoms with Crippen molar-refractivity contribution >= 4 is 17.4 Å². The Labute approximate surface area is 153 Å². The van der Waals surface area contributed by atoms with Gasteiger partial charge >= 0.3 is 0 Å². The molecule has 1 heterocycles. The number of carbonyl (C=O) groups excluding carboxylic acids is 1. The van der Waals surface area contributed by atoms with Gasteiger partial charge in [-0.05, 0) is 49.6 Å². The Morgan fingerprint density at radius 3 is 2.54 bits per heavy atom. The van der Waals surface area contributed by atoms with Gasteiger partial charge in [0.1, 0.15) is 17.3 Å². The highest BCUT2D eigenvalue weighted by Crippen LogP contribution is 2.14. The van der Waals surface area contributed by atoms with Crippen LogP contribution in [0.25, 0.3) is 0 Å². The Morgan fingerprint density at radius 1 is 0.962 bits per heavy atom. The highest BCUT2D eigenvalue weighted by molar-refractivity contribution is 6.03. The molecule has 3 rings (SSSR count).